The number of halogens is 2. The average molecular weight is 279 g/mol. The molecule has 4 nitrogen and oxygen atoms in total. The van der Waals surface area contributed by atoms with Crippen LogP contribution in [0.5, 0.6) is 0 Å². The summed E-state index contributed by atoms with van der Waals surface area (Å²) in [6.07, 6.45) is 3.27. The van der Waals surface area contributed by atoms with Crippen LogP contribution >= 0.6 is 23.2 Å². The van der Waals surface area contributed by atoms with Gasteiger partial charge in [-0.3, -0.25) is 0 Å². The highest BCUT2D eigenvalue weighted by Gasteiger charge is 2.10. The first-order valence-electron chi connectivity index (χ1n) is 5.20. The van der Waals surface area contributed by atoms with Crippen molar-refractivity contribution in [3.63, 3.8) is 0 Å². The van der Waals surface area contributed by atoms with Gasteiger partial charge in [0.15, 0.2) is 5.82 Å². The molecule has 3 aromatic rings. The van der Waals surface area contributed by atoms with E-state index < -0.39 is 0 Å². The summed E-state index contributed by atoms with van der Waals surface area (Å²) in [5, 5.41) is 6.16. The first kappa shape index (κ1) is 11.3. The SMILES string of the molecule is Nc1ccc2cnn(-c3ncc(Cl)cc3Cl)c2c1. The second kappa shape index (κ2) is 4.15. The normalized spacial score (nSPS) is 11.0. The number of nitrogens with zero attached hydrogens (tertiary/aromatic N) is 3. The maximum Gasteiger partial charge on any atom is 0.172 e. The molecule has 0 spiro atoms. The Hall–Kier alpha value is -1.78. The number of pyridine rings is 1. The van der Waals surface area contributed by atoms with E-state index in [1.165, 1.54) is 6.20 Å². The van der Waals surface area contributed by atoms with Crippen molar-refractivity contribution in [1.82, 2.24) is 14.8 Å². The zero-order valence-corrected chi connectivity index (χ0v) is 10.7. The van der Waals surface area contributed by atoms with E-state index in [0.717, 1.165) is 10.9 Å². The molecule has 1 aromatic carbocycles. The maximum absolute atomic E-state index is 6.12. The molecule has 90 valence electrons. The van der Waals surface area contributed by atoms with Gasteiger partial charge >= 0.3 is 0 Å². The Kier molecular flexibility index (Phi) is 2.61. The molecule has 2 aromatic heterocycles. The van der Waals surface area contributed by atoms with Gasteiger partial charge in [0.25, 0.3) is 0 Å². The highest BCUT2D eigenvalue weighted by Crippen LogP contribution is 2.25. The zero-order chi connectivity index (χ0) is 12.7. The molecule has 2 heterocycles. The van der Waals surface area contributed by atoms with E-state index in [0.29, 0.717) is 21.6 Å². The third-order valence-corrected chi connectivity index (χ3v) is 3.07. The number of rotatable bonds is 1. The fourth-order valence-electron chi connectivity index (χ4n) is 1.77. The number of nitrogen functional groups attached to an aromatic ring is 1. The lowest BCUT2D eigenvalue weighted by Gasteiger charge is -2.05. The van der Waals surface area contributed by atoms with Crippen molar-refractivity contribution in [3.8, 4) is 5.82 Å². The predicted molar refractivity (Wildman–Crippen MR) is 73.3 cm³/mol. The van der Waals surface area contributed by atoms with Gasteiger partial charge in [-0.2, -0.15) is 5.10 Å². The summed E-state index contributed by atoms with van der Waals surface area (Å²) in [4.78, 5) is 4.20. The highest BCUT2D eigenvalue weighted by molar-refractivity contribution is 6.35. The summed E-state index contributed by atoms with van der Waals surface area (Å²) >= 11 is 11.9. The molecule has 0 amide bonds. The zero-order valence-electron chi connectivity index (χ0n) is 9.14. The molecule has 0 aliphatic carbocycles. The van der Waals surface area contributed by atoms with Crippen LogP contribution in [0.15, 0.2) is 36.7 Å². The number of aromatic nitrogens is 3. The standard InChI is InChI=1S/C12H8Cl2N4/c13-8-3-10(14)12(16-6-8)18-11-4-9(15)2-1-7(11)5-17-18/h1-6H,15H2. The van der Waals surface area contributed by atoms with Gasteiger partial charge in [0.2, 0.25) is 0 Å². The molecule has 0 saturated carbocycles. The van der Waals surface area contributed by atoms with Crippen molar-refractivity contribution >= 4 is 39.8 Å². The van der Waals surface area contributed by atoms with Crippen LogP contribution < -0.4 is 5.73 Å². The second-order valence-corrected chi connectivity index (χ2v) is 4.68. The Morgan fingerprint density at radius 1 is 1.11 bits per heavy atom. The van der Waals surface area contributed by atoms with Gasteiger partial charge < -0.3 is 5.73 Å². The molecule has 0 bridgehead atoms. The summed E-state index contributed by atoms with van der Waals surface area (Å²) in [6.45, 7) is 0. The quantitative estimate of drug-likeness (QED) is 0.695. The van der Waals surface area contributed by atoms with Crippen molar-refractivity contribution in [2.75, 3.05) is 5.73 Å². The molecule has 18 heavy (non-hydrogen) atoms. The molecule has 0 unspecified atom stereocenters. The number of nitrogens with two attached hydrogens (primary N) is 1. The smallest absolute Gasteiger partial charge is 0.172 e. The number of fused-ring (bicyclic) bond motifs is 1. The van der Waals surface area contributed by atoms with Gasteiger partial charge in [0, 0.05) is 17.3 Å². The van der Waals surface area contributed by atoms with Crippen LogP contribution in [0.4, 0.5) is 5.69 Å². The Balaban J connectivity index is 2.28. The molecule has 0 atom stereocenters. The number of benzene rings is 1. The van der Waals surface area contributed by atoms with E-state index in [1.807, 2.05) is 18.2 Å². The van der Waals surface area contributed by atoms with Crippen molar-refractivity contribution in [2.45, 2.75) is 0 Å². The van der Waals surface area contributed by atoms with E-state index in [-0.39, 0.29) is 0 Å². The largest absolute Gasteiger partial charge is 0.399 e. The lowest BCUT2D eigenvalue weighted by atomic mass is 10.2. The van der Waals surface area contributed by atoms with Crippen LogP contribution in [0.2, 0.25) is 10.0 Å². The molecular formula is C12H8Cl2N4. The predicted octanol–water partition coefficient (Wildman–Crippen LogP) is 3.31. The van der Waals surface area contributed by atoms with E-state index in [9.17, 15) is 0 Å². The van der Waals surface area contributed by atoms with E-state index in [2.05, 4.69) is 10.1 Å². The minimum atomic E-state index is 0.440. The molecule has 0 fully saturated rings. The van der Waals surface area contributed by atoms with Gasteiger partial charge in [-0.25, -0.2) is 9.67 Å². The Morgan fingerprint density at radius 2 is 1.94 bits per heavy atom. The summed E-state index contributed by atoms with van der Waals surface area (Å²) in [5.74, 6) is 0.529. The third-order valence-electron chi connectivity index (χ3n) is 2.58. The van der Waals surface area contributed by atoms with Crippen molar-refractivity contribution < 1.29 is 0 Å². The lowest BCUT2D eigenvalue weighted by Crippen LogP contribution is -2.00. The van der Waals surface area contributed by atoms with Crippen molar-refractivity contribution in [3.05, 3.63) is 46.7 Å². The van der Waals surface area contributed by atoms with Gasteiger partial charge in [-0.05, 0) is 24.3 Å². The van der Waals surface area contributed by atoms with Gasteiger partial charge in [-0.15, -0.1) is 0 Å². The number of hydrogen-bond acceptors (Lipinski definition) is 3. The second-order valence-electron chi connectivity index (χ2n) is 3.83. The lowest BCUT2D eigenvalue weighted by molar-refractivity contribution is 0.875. The molecule has 0 saturated heterocycles. The summed E-state index contributed by atoms with van der Waals surface area (Å²) in [6, 6.07) is 7.18. The van der Waals surface area contributed by atoms with Crippen LogP contribution in [-0.2, 0) is 0 Å². The molecule has 2 N–H and O–H groups in total. The maximum atomic E-state index is 6.12. The third kappa shape index (κ3) is 1.79. The first-order chi connectivity index (χ1) is 8.65. The summed E-state index contributed by atoms with van der Waals surface area (Å²) < 4.78 is 1.64. The number of anilines is 1. The molecule has 0 radical (unpaired) electrons. The van der Waals surface area contributed by atoms with Crippen LogP contribution in [0, 0.1) is 0 Å². The monoisotopic (exact) mass is 278 g/mol. The summed E-state index contributed by atoms with van der Waals surface area (Å²) in [5.41, 5.74) is 7.29. The van der Waals surface area contributed by atoms with E-state index >= 15 is 0 Å². The van der Waals surface area contributed by atoms with Gasteiger partial charge in [0.05, 0.1) is 21.8 Å². The van der Waals surface area contributed by atoms with E-state index in [1.54, 1.807) is 16.9 Å². The first-order valence-corrected chi connectivity index (χ1v) is 5.95. The molecule has 0 aliphatic rings. The molecular weight excluding hydrogens is 271 g/mol. The minimum Gasteiger partial charge on any atom is -0.399 e. The van der Waals surface area contributed by atoms with Crippen LogP contribution in [-0.4, -0.2) is 14.8 Å². The van der Waals surface area contributed by atoms with E-state index in [4.69, 9.17) is 28.9 Å². The van der Waals surface area contributed by atoms with Crippen molar-refractivity contribution in [1.29, 1.82) is 0 Å². The Labute approximate surface area is 113 Å². The minimum absolute atomic E-state index is 0.440. The highest BCUT2D eigenvalue weighted by atomic mass is 35.5. The fourth-order valence-corrected chi connectivity index (χ4v) is 2.23. The summed E-state index contributed by atoms with van der Waals surface area (Å²) in [7, 11) is 0. The number of hydrogen-bond donors (Lipinski definition) is 1. The average Bonchev–Trinajstić information content (AvgIpc) is 2.72. The van der Waals surface area contributed by atoms with Crippen LogP contribution in [0.25, 0.3) is 16.7 Å². The topological polar surface area (TPSA) is 56.7 Å². The Morgan fingerprint density at radius 3 is 2.72 bits per heavy atom. The van der Waals surface area contributed by atoms with Crippen LogP contribution in [0.1, 0.15) is 0 Å². The van der Waals surface area contributed by atoms with Crippen molar-refractivity contribution in [2.24, 2.45) is 0 Å². The Bertz CT molecular complexity index is 736. The fraction of sp³-hybridized carbons (Fsp3) is 0. The van der Waals surface area contributed by atoms with Gasteiger partial charge in [0.1, 0.15) is 0 Å². The molecule has 6 heteroatoms. The molecule has 0 aliphatic heterocycles. The molecule has 3 rings (SSSR count). The van der Waals surface area contributed by atoms with Gasteiger partial charge in [-0.1, -0.05) is 23.2 Å². The van der Waals surface area contributed by atoms with Crippen LogP contribution in [0.3, 0.4) is 0 Å².